The van der Waals surface area contributed by atoms with Crippen molar-refractivity contribution in [2.24, 2.45) is 0 Å². The molecule has 2 atom stereocenters. The average Bonchev–Trinajstić information content (AvgIpc) is 2.42. The van der Waals surface area contributed by atoms with E-state index in [-0.39, 0.29) is 23.9 Å². The molecule has 0 aromatic rings. The van der Waals surface area contributed by atoms with Gasteiger partial charge in [0, 0.05) is 12.6 Å². The van der Waals surface area contributed by atoms with Gasteiger partial charge < -0.3 is 10.1 Å². The standard InChI is InChI=1S/C11H20ClNO2/c1-2-15-8-11(14)13-10-7-5-3-4-6-9(10)12/h9-10H,2-8H2,1H3,(H,13,14). The van der Waals surface area contributed by atoms with E-state index in [1.54, 1.807) is 0 Å². The summed E-state index contributed by atoms with van der Waals surface area (Å²) in [5.74, 6) is -0.0469. The van der Waals surface area contributed by atoms with Crippen molar-refractivity contribution >= 4 is 17.5 Å². The maximum Gasteiger partial charge on any atom is 0.246 e. The first-order chi connectivity index (χ1) is 7.24. The Bertz CT molecular complexity index is 199. The monoisotopic (exact) mass is 233 g/mol. The molecule has 1 N–H and O–H groups in total. The molecule has 1 amide bonds. The van der Waals surface area contributed by atoms with E-state index in [9.17, 15) is 4.79 Å². The van der Waals surface area contributed by atoms with Crippen LogP contribution in [0.4, 0.5) is 0 Å². The Labute approximate surface area is 96.5 Å². The van der Waals surface area contributed by atoms with E-state index in [2.05, 4.69) is 5.32 Å². The molecule has 88 valence electrons. The number of hydrogen-bond donors (Lipinski definition) is 1. The van der Waals surface area contributed by atoms with Crippen LogP contribution in [-0.4, -0.2) is 30.5 Å². The second-order valence-corrected chi connectivity index (χ2v) is 4.53. The summed E-state index contributed by atoms with van der Waals surface area (Å²) < 4.78 is 5.05. The summed E-state index contributed by atoms with van der Waals surface area (Å²) in [5, 5.41) is 3.03. The molecule has 1 aliphatic carbocycles. The second-order valence-electron chi connectivity index (χ2n) is 3.97. The lowest BCUT2D eigenvalue weighted by Gasteiger charge is -2.20. The molecule has 0 saturated heterocycles. The Hall–Kier alpha value is -0.280. The van der Waals surface area contributed by atoms with Crippen LogP contribution in [0.5, 0.6) is 0 Å². The molecule has 3 nitrogen and oxygen atoms in total. The normalized spacial score (nSPS) is 27.1. The lowest BCUT2D eigenvalue weighted by atomic mass is 10.1. The van der Waals surface area contributed by atoms with E-state index in [0.717, 1.165) is 19.3 Å². The molecule has 2 unspecified atom stereocenters. The lowest BCUT2D eigenvalue weighted by molar-refractivity contribution is -0.126. The Morgan fingerprint density at radius 2 is 2.13 bits per heavy atom. The minimum absolute atomic E-state index is 0.0469. The third-order valence-electron chi connectivity index (χ3n) is 2.72. The van der Waals surface area contributed by atoms with E-state index in [1.165, 1.54) is 12.8 Å². The summed E-state index contributed by atoms with van der Waals surface area (Å²) >= 11 is 6.21. The Kier molecular flexibility index (Phi) is 6.03. The molecule has 0 heterocycles. The van der Waals surface area contributed by atoms with Crippen LogP contribution in [0.15, 0.2) is 0 Å². The summed E-state index contributed by atoms with van der Waals surface area (Å²) in [4.78, 5) is 11.4. The van der Waals surface area contributed by atoms with Gasteiger partial charge in [-0.15, -0.1) is 11.6 Å². The Morgan fingerprint density at radius 1 is 1.40 bits per heavy atom. The average molecular weight is 234 g/mol. The zero-order chi connectivity index (χ0) is 11.1. The van der Waals surface area contributed by atoms with Crippen molar-refractivity contribution in [3.63, 3.8) is 0 Å². The smallest absolute Gasteiger partial charge is 0.246 e. The molecule has 1 fully saturated rings. The van der Waals surface area contributed by atoms with Crippen LogP contribution < -0.4 is 5.32 Å². The van der Waals surface area contributed by atoms with Gasteiger partial charge in [0.1, 0.15) is 6.61 Å². The fraction of sp³-hybridized carbons (Fsp3) is 0.909. The number of carbonyl (C=O) groups is 1. The van der Waals surface area contributed by atoms with Gasteiger partial charge >= 0.3 is 0 Å². The van der Waals surface area contributed by atoms with Gasteiger partial charge in [-0.05, 0) is 19.8 Å². The highest BCUT2D eigenvalue weighted by Crippen LogP contribution is 2.22. The molecular formula is C11H20ClNO2. The van der Waals surface area contributed by atoms with Crippen molar-refractivity contribution in [3.8, 4) is 0 Å². The van der Waals surface area contributed by atoms with Gasteiger partial charge in [-0.1, -0.05) is 19.3 Å². The molecule has 1 aliphatic rings. The molecule has 4 heteroatoms. The quantitative estimate of drug-likeness (QED) is 0.597. The van der Waals surface area contributed by atoms with E-state index in [0.29, 0.717) is 6.61 Å². The van der Waals surface area contributed by atoms with E-state index in [1.807, 2.05) is 6.92 Å². The molecule has 0 bridgehead atoms. The van der Waals surface area contributed by atoms with Crippen LogP contribution >= 0.6 is 11.6 Å². The summed E-state index contributed by atoms with van der Waals surface area (Å²) in [6, 6.07) is 0.127. The molecule has 0 spiro atoms. The van der Waals surface area contributed by atoms with E-state index in [4.69, 9.17) is 16.3 Å². The topological polar surface area (TPSA) is 38.3 Å². The molecule has 0 aliphatic heterocycles. The number of carbonyl (C=O) groups excluding carboxylic acids is 1. The van der Waals surface area contributed by atoms with Crippen molar-refractivity contribution in [2.75, 3.05) is 13.2 Å². The molecule has 1 saturated carbocycles. The Morgan fingerprint density at radius 3 is 2.87 bits per heavy atom. The van der Waals surface area contributed by atoms with Gasteiger partial charge in [0.05, 0.1) is 5.38 Å². The highest BCUT2D eigenvalue weighted by Gasteiger charge is 2.22. The predicted molar refractivity (Wildman–Crippen MR) is 61.1 cm³/mol. The van der Waals surface area contributed by atoms with Crippen LogP contribution in [-0.2, 0) is 9.53 Å². The first-order valence-corrected chi connectivity index (χ1v) is 6.19. The first-order valence-electron chi connectivity index (χ1n) is 5.75. The van der Waals surface area contributed by atoms with Gasteiger partial charge in [-0.3, -0.25) is 4.79 Å². The maximum absolute atomic E-state index is 11.4. The molecule has 0 aromatic carbocycles. The summed E-state index contributed by atoms with van der Waals surface area (Å²) in [6.07, 6.45) is 5.54. The number of nitrogens with one attached hydrogen (secondary N) is 1. The fourth-order valence-corrected chi connectivity index (χ4v) is 2.21. The zero-order valence-electron chi connectivity index (χ0n) is 9.30. The second kappa shape index (κ2) is 7.07. The van der Waals surface area contributed by atoms with Gasteiger partial charge in [-0.2, -0.15) is 0 Å². The number of halogens is 1. The zero-order valence-corrected chi connectivity index (χ0v) is 10.1. The van der Waals surface area contributed by atoms with Crippen LogP contribution in [0.25, 0.3) is 0 Å². The van der Waals surface area contributed by atoms with Crippen LogP contribution in [0.2, 0.25) is 0 Å². The Balaban J connectivity index is 2.30. The number of alkyl halides is 1. The van der Waals surface area contributed by atoms with Gasteiger partial charge in [0.2, 0.25) is 5.91 Å². The number of rotatable bonds is 4. The maximum atomic E-state index is 11.4. The fourth-order valence-electron chi connectivity index (χ4n) is 1.87. The predicted octanol–water partition coefficient (Wildman–Crippen LogP) is 2.08. The van der Waals surface area contributed by atoms with Crippen molar-refractivity contribution in [2.45, 2.75) is 50.4 Å². The molecule has 1 rings (SSSR count). The number of amides is 1. The number of ether oxygens (including phenoxy) is 1. The highest BCUT2D eigenvalue weighted by molar-refractivity contribution is 6.21. The van der Waals surface area contributed by atoms with E-state index >= 15 is 0 Å². The summed E-state index contributed by atoms with van der Waals surface area (Å²) in [6.45, 7) is 2.60. The molecular weight excluding hydrogens is 214 g/mol. The first kappa shape index (κ1) is 12.8. The lowest BCUT2D eigenvalue weighted by Crippen LogP contribution is -2.42. The minimum atomic E-state index is -0.0469. The van der Waals surface area contributed by atoms with Crippen molar-refractivity contribution in [1.29, 1.82) is 0 Å². The van der Waals surface area contributed by atoms with Gasteiger partial charge in [-0.25, -0.2) is 0 Å². The molecule has 0 radical (unpaired) electrons. The molecule has 0 aromatic heterocycles. The van der Waals surface area contributed by atoms with Crippen molar-refractivity contribution in [1.82, 2.24) is 5.32 Å². The third-order valence-corrected chi connectivity index (χ3v) is 3.24. The van der Waals surface area contributed by atoms with Crippen LogP contribution in [0.1, 0.15) is 39.0 Å². The highest BCUT2D eigenvalue weighted by atomic mass is 35.5. The van der Waals surface area contributed by atoms with Crippen LogP contribution in [0.3, 0.4) is 0 Å². The summed E-state index contributed by atoms with van der Waals surface area (Å²) in [5.41, 5.74) is 0. The SMILES string of the molecule is CCOCC(=O)NC1CCCCCC1Cl. The number of hydrogen-bond acceptors (Lipinski definition) is 2. The summed E-state index contributed by atoms with van der Waals surface area (Å²) in [7, 11) is 0. The van der Waals surface area contributed by atoms with Crippen LogP contribution in [0, 0.1) is 0 Å². The minimum Gasteiger partial charge on any atom is -0.372 e. The largest absolute Gasteiger partial charge is 0.372 e. The van der Waals surface area contributed by atoms with E-state index < -0.39 is 0 Å². The van der Waals surface area contributed by atoms with Gasteiger partial charge in [0.15, 0.2) is 0 Å². The molecule has 15 heavy (non-hydrogen) atoms. The van der Waals surface area contributed by atoms with Crippen molar-refractivity contribution < 1.29 is 9.53 Å². The third kappa shape index (κ3) is 4.85. The van der Waals surface area contributed by atoms with Gasteiger partial charge in [0.25, 0.3) is 0 Å². The van der Waals surface area contributed by atoms with Crippen molar-refractivity contribution in [3.05, 3.63) is 0 Å².